The van der Waals surface area contributed by atoms with Gasteiger partial charge < -0.3 is 13.6 Å². The van der Waals surface area contributed by atoms with E-state index in [1.807, 2.05) is 6.07 Å². The van der Waals surface area contributed by atoms with Gasteiger partial charge in [0.25, 0.3) is 0 Å². The molecular weight excluding hydrogens is 621 g/mol. The first kappa shape index (κ1) is 15.0. The maximum Gasteiger partial charge on any atom is 0.137 e. The van der Waals surface area contributed by atoms with Crippen molar-refractivity contribution < 1.29 is 31.8 Å². The zero-order chi connectivity index (χ0) is 50.9. The second kappa shape index (κ2) is 10.8. The molecule has 0 amide bonds. The fraction of sp³-hybridized carbons (Fsp3) is 0. The van der Waals surface area contributed by atoms with Crippen molar-refractivity contribution in [2.75, 3.05) is 0 Å². The second-order valence-corrected chi connectivity index (χ2v) is 11.8. The summed E-state index contributed by atoms with van der Waals surface area (Å²) in [6.07, 6.45) is 0. The molecule has 3 heteroatoms. The lowest BCUT2D eigenvalue weighted by atomic mass is 9.99. The predicted octanol–water partition coefficient (Wildman–Crippen LogP) is 13.1. The fourth-order valence-corrected chi connectivity index (χ4v) is 7.03. The quantitative estimate of drug-likeness (QED) is 0.183. The molecule has 0 N–H and O–H groups in total. The van der Waals surface area contributed by atoms with E-state index in [2.05, 4.69) is 0 Å². The van der Waals surface area contributed by atoms with Crippen LogP contribution in [0.2, 0.25) is 0 Å². The number of hydrogen-bond donors (Lipinski definition) is 0. The molecule has 0 aliphatic rings. The second-order valence-electron chi connectivity index (χ2n) is 11.8. The van der Waals surface area contributed by atoms with Crippen LogP contribution in [-0.2, 0) is 0 Å². The SMILES string of the molecule is [2H]c1c([2H])c([2H])c(-c2c([2H])c([2H])c(-n3c4ccccc4c4c5c6ccccc6n(-c6c([2H])c([2H])c7c(oc8c([2H])c([2H])c([2H])c(-c9c([2H])c([2H])c([2H])c([2H])c9[2H])c87)c6[2H])c5ccc43)c([2H])c2[2H])c([2H])c1[2H]. The molecule has 8 aromatic carbocycles. The zero-order valence-corrected chi connectivity index (χ0v) is 26.1. The van der Waals surface area contributed by atoms with Gasteiger partial charge in [0.15, 0.2) is 0 Å². The number of fused-ring (bicyclic) bond motifs is 10. The van der Waals surface area contributed by atoms with Crippen LogP contribution >= 0.6 is 0 Å². The van der Waals surface area contributed by atoms with E-state index in [-0.39, 0.29) is 27.7 Å². The van der Waals surface area contributed by atoms with Crippen LogP contribution in [0, 0.1) is 0 Å². The van der Waals surface area contributed by atoms with Gasteiger partial charge in [0.05, 0.1) is 49.5 Å². The van der Waals surface area contributed by atoms with Gasteiger partial charge >= 0.3 is 0 Å². The van der Waals surface area contributed by atoms with Crippen molar-refractivity contribution in [1.29, 1.82) is 0 Å². The van der Waals surface area contributed by atoms with Crippen molar-refractivity contribution >= 4 is 65.6 Å². The lowest BCUT2D eigenvalue weighted by Crippen LogP contribution is -1.95. The van der Waals surface area contributed by atoms with Crippen LogP contribution in [0.25, 0.3) is 99.2 Å². The monoisotopic (exact) mass is 670 g/mol. The zero-order valence-electron chi connectivity index (χ0n) is 46.1. The molecule has 11 aromatic rings. The summed E-state index contributed by atoms with van der Waals surface area (Å²) in [6.45, 7) is 0. The highest BCUT2D eigenvalue weighted by Gasteiger charge is 2.21. The highest BCUT2D eigenvalue weighted by molar-refractivity contribution is 6.29. The molecule has 0 saturated carbocycles. The molecule has 0 bridgehead atoms. The molecule has 0 aliphatic heterocycles. The molecule has 0 fully saturated rings. The first-order valence-electron chi connectivity index (χ1n) is 25.8. The molecule has 3 nitrogen and oxygen atoms in total. The van der Waals surface area contributed by atoms with Crippen LogP contribution in [-0.4, -0.2) is 9.13 Å². The van der Waals surface area contributed by atoms with E-state index in [1.165, 1.54) is 0 Å². The predicted molar refractivity (Wildman–Crippen MR) is 213 cm³/mol. The van der Waals surface area contributed by atoms with E-state index < -0.39 is 149 Å². The number of rotatable bonds is 4. The molecule has 51 heavy (non-hydrogen) atoms. The Kier molecular flexibility index (Phi) is 3.18. The minimum atomic E-state index is -0.727. The first-order valence-corrected chi connectivity index (χ1v) is 15.8. The Hall–Kier alpha value is -6.84. The Balaban J connectivity index is 1.23. The average Bonchev–Trinajstić information content (AvgIpc) is 4.03. The summed E-state index contributed by atoms with van der Waals surface area (Å²) in [5.74, 6) is 0. The average molecular weight is 671 g/mol. The van der Waals surface area contributed by atoms with Crippen LogP contribution in [0.5, 0.6) is 0 Å². The Morgan fingerprint density at radius 2 is 0.961 bits per heavy atom. The van der Waals surface area contributed by atoms with Crippen LogP contribution in [0.15, 0.2) is 186 Å². The van der Waals surface area contributed by atoms with Crippen LogP contribution in [0.4, 0.5) is 0 Å². The highest BCUT2D eigenvalue weighted by atomic mass is 16.3. The Morgan fingerprint density at radius 1 is 0.392 bits per heavy atom. The van der Waals surface area contributed by atoms with Crippen molar-refractivity contribution in [3.05, 3.63) is 182 Å². The minimum Gasteiger partial charge on any atom is -0.456 e. The molecule has 3 aromatic heterocycles. The molecule has 0 radical (unpaired) electrons. The summed E-state index contributed by atoms with van der Waals surface area (Å²) in [5.41, 5.74) is -1.15. The summed E-state index contributed by atoms with van der Waals surface area (Å²) in [6, 6.07) is 4.48. The van der Waals surface area contributed by atoms with Crippen LogP contribution < -0.4 is 0 Å². The third-order valence-electron chi connectivity index (χ3n) is 9.09. The van der Waals surface area contributed by atoms with Gasteiger partial charge in [-0.15, -0.1) is 0 Å². The number of hydrogen-bond acceptors (Lipinski definition) is 1. The maximum atomic E-state index is 9.74. The van der Waals surface area contributed by atoms with Crippen LogP contribution in [0.1, 0.15) is 27.4 Å². The molecular formula is C48H30N2O. The first-order chi connectivity index (χ1) is 33.6. The van der Waals surface area contributed by atoms with Gasteiger partial charge in [-0.1, -0.05) is 121 Å². The van der Waals surface area contributed by atoms with Crippen molar-refractivity contribution in [2.45, 2.75) is 0 Å². The Morgan fingerprint density at radius 3 is 1.63 bits per heavy atom. The van der Waals surface area contributed by atoms with Crippen molar-refractivity contribution in [3.8, 4) is 33.6 Å². The number of nitrogens with zero attached hydrogens (tertiary/aromatic N) is 2. The van der Waals surface area contributed by atoms with Gasteiger partial charge in [-0.25, -0.2) is 0 Å². The van der Waals surface area contributed by atoms with E-state index in [0.29, 0.717) is 43.6 Å². The molecule has 3 heterocycles. The Labute approximate surface area is 321 Å². The molecule has 0 saturated heterocycles. The van der Waals surface area contributed by atoms with Gasteiger partial charge in [-0.3, -0.25) is 0 Å². The molecule has 0 spiro atoms. The van der Waals surface area contributed by atoms with Crippen molar-refractivity contribution in [2.24, 2.45) is 0 Å². The summed E-state index contributed by atoms with van der Waals surface area (Å²) in [7, 11) is 0. The van der Waals surface area contributed by atoms with Crippen molar-refractivity contribution in [3.63, 3.8) is 0 Å². The van der Waals surface area contributed by atoms with Gasteiger partial charge in [0, 0.05) is 49.7 Å². The summed E-state index contributed by atoms with van der Waals surface area (Å²) in [5, 5.41) is 1.82. The van der Waals surface area contributed by atoms with Gasteiger partial charge in [0.1, 0.15) is 11.2 Å². The van der Waals surface area contributed by atoms with E-state index in [1.54, 1.807) is 63.7 Å². The van der Waals surface area contributed by atoms with E-state index in [0.717, 1.165) is 0 Å². The molecule has 0 atom stereocenters. The third-order valence-corrected chi connectivity index (χ3v) is 9.09. The number of furan rings is 1. The summed E-state index contributed by atoms with van der Waals surface area (Å²) < 4.78 is 186. The standard InChI is InChI=1S/C48H30N2O/c1-3-12-31(13-4-1)32-22-24-34(25-23-32)49-40-19-9-7-16-37(40)47-42(49)28-29-43-48(47)38-17-8-10-20-41(38)50(43)35-26-27-39-45(30-35)51-44-21-11-18-36(46(39)44)33-14-5-2-6-15-33/h1-30H/i1D,2D,3D,4D,5D,6D,11D,12D,13D,14D,15D,18D,21D,22D,23D,24D,25D,26D,27D,30D. The van der Waals surface area contributed by atoms with Gasteiger partial charge in [0.2, 0.25) is 0 Å². The van der Waals surface area contributed by atoms with E-state index in [9.17, 15) is 6.85 Å². The van der Waals surface area contributed by atoms with E-state index >= 15 is 0 Å². The highest BCUT2D eigenvalue weighted by Crippen LogP contribution is 2.43. The van der Waals surface area contributed by atoms with Crippen LogP contribution in [0.3, 0.4) is 0 Å². The summed E-state index contributed by atoms with van der Waals surface area (Å²) in [4.78, 5) is 0. The maximum absolute atomic E-state index is 9.74. The van der Waals surface area contributed by atoms with Gasteiger partial charge in [-0.2, -0.15) is 0 Å². The lowest BCUT2D eigenvalue weighted by molar-refractivity contribution is 0.668. The summed E-state index contributed by atoms with van der Waals surface area (Å²) >= 11 is 0. The minimum absolute atomic E-state index is 0.147. The molecule has 0 unspecified atom stereocenters. The lowest BCUT2D eigenvalue weighted by Gasteiger charge is -2.10. The topological polar surface area (TPSA) is 23.0 Å². The van der Waals surface area contributed by atoms with E-state index in [4.69, 9.17) is 25.0 Å². The van der Waals surface area contributed by atoms with Gasteiger partial charge in [-0.05, 0) is 76.7 Å². The number of aromatic nitrogens is 2. The molecule has 238 valence electrons. The van der Waals surface area contributed by atoms with Crippen molar-refractivity contribution in [1.82, 2.24) is 9.13 Å². The largest absolute Gasteiger partial charge is 0.456 e. The molecule has 0 aliphatic carbocycles. The Bertz CT molecular complexity index is 4220. The number of benzene rings is 8. The normalized spacial score (nSPS) is 17.4. The third kappa shape index (κ3) is 4.12. The number of para-hydroxylation sites is 2. The smallest absolute Gasteiger partial charge is 0.137 e. The fourth-order valence-electron chi connectivity index (χ4n) is 7.03. The molecule has 11 rings (SSSR count).